The number of carbonyl (C=O) groups excluding carboxylic acids is 1. The van der Waals surface area contributed by atoms with Crippen LogP contribution in [0.2, 0.25) is 5.02 Å². The summed E-state index contributed by atoms with van der Waals surface area (Å²) < 4.78 is 7.12. The van der Waals surface area contributed by atoms with E-state index in [4.69, 9.17) is 16.3 Å². The Balaban J connectivity index is 1.80. The van der Waals surface area contributed by atoms with Crippen LogP contribution in [-0.2, 0) is 9.53 Å². The van der Waals surface area contributed by atoms with Crippen molar-refractivity contribution in [3.05, 3.63) is 87.9 Å². The minimum atomic E-state index is -0.780. The quantitative estimate of drug-likeness (QED) is 0.668. The lowest BCUT2D eigenvalue weighted by atomic mass is 9.93. The summed E-state index contributed by atoms with van der Waals surface area (Å²) in [7, 11) is 0. The fraction of sp³-hybridized carbons (Fsp3) is 0.143. The van der Waals surface area contributed by atoms with Crippen LogP contribution in [-0.4, -0.2) is 20.9 Å². The van der Waals surface area contributed by atoms with Crippen LogP contribution in [0.1, 0.15) is 28.4 Å². The summed E-state index contributed by atoms with van der Waals surface area (Å²) in [5, 5.41) is 15.5. The first kappa shape index (κ1) is 17.4. The highest BCUT2D eigenvalue weighted by molar-refractivity contribution is 6.30. The number of aliphatic hydroxyl groups excluding tert-OH is 1. The molecule has 1 N–H and O–H groups in total. The van der Waals surface area contributed by atoms with Crippen LogP contribution >= 0.6 is 11.6 Å². The monoisotopic (exact) mass is 380 g/mol. The maximum Gasteiger partial charge on any atom is 0.343 e. The SMILES string of the molecule is Cc1cc(-n2cc(Cl)cn2)cc(C)c1C1=C(O)C(c2ccccc2)OC1=O. The molecule has 1 atom stereocenters. The molecule has 6 heteroatoms. The second-order valence-corrected chi connectivity index (χ2v) is 6.95. The van der Waals surface area contributed by atoms with Crippen molar-refractivity contribution < 1.29 is 14.6 Å². The van der Waals surface area contributed by atoms with Crippen LogP contribution in [0.25, 0.3) is 11.3 Å². The molecular formula is C21H17ClN2O3. The van der Waals surface area contributed by atoms with Crippen LogP contribution in [0.15, 0.2) is 60.6 Å². The summed E-state index contributed by atoms with van der Waals surface area (Å²) in [5.41, 5.74) is 4.12. The average molecular weight is 381 g/mol. The molecule has 0 bridgehead atoms. The van der Waals surface area contributed by atoms with E-state index >= 15 is 0 Å². The van der Waals surface area contributed by atoms with Gasteiger partial charge in [-0.05, 0) is 42.7 Å². The highest BCUT2D eigenvalue weighted by Gasteiger charge is 2.37. The number of halogens is 1. The number of aliphatic hydroxyl groups is 1. The standard InChI is InChI=1S/C21H17ClN2O3/c1-12-8-16(24-11-15(22)10-23-24)9-13(2)17(12)18-19(25)20(27-21(18)26)14-6-4-3-5-7-14/h3-11,20,25H,1-2H3. The molecule has 0 fully saturated rings. The summed E-state index contributed by atoms with van der Waals surface area (Å²) in [4.78, 5) is 12.6. The van der Waals surface area contributed by atoms with Crippen molar-refractivity contribution in [3.63, 3.8) is 0 Å². The molecule has 0 radical (unpaired) electrons. The first-order chi connectivity index (χ1) is 13.0. The van der Waals surface area contributed by atoms with Gasteiger partial charge in [-0.3, -0.25) is 0 Å². The zero-order valence-corrected chi connectivity index (χ0v) is 15.6. The van der Waals surface area contributed by atoms with E-state index in [1.807, 2.05) is 56.3 Å². The lowest BCUT2D eigenvalue weighted by Gasteiger charge is -2.12. The van der Waals surface area contributed by atoms with Gasteiger partial charge in [0, 0.05) is 11.8 Å². The molecule has 4 rings (SSSR count). The zero-order valence-electron chi connectivity index (χ0n) is 14.8. The molecule has 27 heavy (non-hydrogen) atoms. The molecule has 1 aromatic heterocycles. The summed E-state index contributed by atoms with van der Waals surface area (Å²) in [6, 6.07) is 13.0. The molecule has 1 aliphatic heterocycles. The lowest BCUT2D eigenvalue weighted by molar-refractivity contribution is -0.138. The van der Waals surface area contributed by atoms with E-state index in [1.165, 1.54) is 0 Å². The van der Waals surface area contributed by atoms with Gasteiger partial charge >= 0.3 is 5.97 Å². The summed E-state index contributed by atoms with van der Waals surface area (Å²) in [6.07, 6.45) is 2.49. The molecule has 2 aromatic carbocycles. The number of benzene rings is 2. The van der Waals surface area contributed by atoms with Gasteiger partial charge in [-0.1, -0.05) is 41.9 Å². The van der Waals surface area contributed by atoms with Gasteiger partial charge in [0.05, 0.1) is 16.9 Å². The predicted molar refractivity (Wildman–Crippen MR) is 103 cm³/mol. The van der Waals surface area contributed by atoms with Crippen molar-refractivity contribution in [2.45, 2.75) is 20.0 Å². The van der Waals surface area contributed by atoms with Crippen molar-refractivity contribution in [1.29, 1.82) is 0 Å². The van der Waals surface area contributed by atoms with E-state index in [0.29, 0.717) is 10.6 Å². The molecule has 0 saturated carbocycles. The van der Waals surface area contributed by atoms with Crippen LogP contribution in [0.3, 0.4) is 0 Å². The molecule has 5 nitrogen and oxygen atoms in total. The van der Waals surface area contributed by atoms with Crippen molar-refractivity contribution in [3.8, 4) is 5.69 Å². The Morgan fingerprint density at radius 3 is 2.41 bits per heavy atom. The Kier molecular flexibility index (Phi) is 4.24. The molecular weight excluding hydrogens is 364 g/mol. The van der Waals surface area contributed by atoms with E-state index in [-0.39, 0.29) is 11.3 Å². The van der Waals surface area contributed by atoms with Crippen LogP contribution in [0, 0.1) is 13.8 Å². The molecule has 0 spiro atoms. The van der Waals surface area contributed by atoms with Gasteiger partial charge < -0.3 is 9.84 Å². The van der Waals surface area contributed by atoms with Crippen molar-refractivity contribution in [2.75, 3.05) is 0 Å². The zero-order chi connectivity index (χ0) is 19.1. The molecule has 3 aromatic rings. The van der Waals surface area contributed by atoms with Gasteiger partial charge in [0.15, 0.2) is 11.9 Å². The van der Waals surface area contributed by atoms with E-state index in [0.717, 1.165) is 22.4 Å². The fourth-order valence-corrected chi connectivity index (χ4v) is 3.59. The summed E-state index contributed by atoms with van der Waals surface area (Å²) in [6.45, 7) is 3.78. The van der Waals surface area contributed by atoms with Crippen LogP contribution in [0.5, 0.6) is 0 Å². The Labute approximate surface area is 161 Å². The minimum absolute atomic E-state index is 0.0627. The van der Waals surface area contributed by atoms with Crippen LogP contribution < -0.4 is 0 Å². The van der Waals surface area contributed by atoms with Gasteiger partial charge in [-0.2, -0.15) is 5.10 Å². The fourth-order valence-electron chi connectivity index (χ4n) is 3.45. The second kappa shape index (κ2) is 6.59. The van der Waals surface area contributed by atoms with Crippen molar-refractivity contribution in [1.82, 2.24) is 9.78 Å². The number of rotatable bonds is 3. The molecule has 1 unspecified atom stereocenters. The van der Waals surface area contributed by atoms with Crippen molar-refractivity contribution >= 4 is 23.1 Å². The maximum absolute atomic E-state index is 12.6. The highest BCUT2D eigenvalue weighted by Crippen LogP contribution is 2.40. The lowest BCUT2D eigenvalue weighted by Crippen LogP contribution is -2.05. The molecule has 0 amide bonds. The first-order valence-electron chi connectivity index (χ1n) is 8.47. The third-order valence-electron chi connectivity index (χ3n) is 4.62. The number of ether oxygens (including phenoxy) is 1. The molecule has 136 valence electrons. The number of cyclic esters (lactones) is 1. The molecule has 2 heterocycles. The normalized spacial score (nSPS) is 16.7. The third-order valence-corrected chi connectivity index (χ3v) is 4.81. The van der Waals surface area contributed by atoms with E-state index < -0.39 is 12.1 Å². The summed E-state index contributed by atoms with van der Waals surface area (Å²) in [5.74, 6) is -0.588. The van der Waals surface area contributed by atoms with Gasteiger partial charge in [0.25, 0.3) is 0 Å². The van der Waals surface area contributed by atoms with Gasteiger partial charge in [0.2, 0.25) is 0 Å². The summed E-state index contributed by atoms with van der Waals surface area (Å²) >= 11 is 5.95. The number of aromatic nitrogens is 2. The Bertz CT molecular complexity index is 1050. The topological polar surface area (TPSA) is 64.3 Å². The van der Waals surface area contributed by atoms with Gasteiger partial charge in [-0.15, -0.1) is 0 Å². The van der Waals surface area contributed by atoms with E-state index in [1.54, 1.807) is 17.1 Å². The predicted octanol–water partition coefficient (Wildman–Crippen LogP) is 4.71. The number of carbonyl (C=O) groups is 1. The third kappa shape index (κ3) is 3.00. The first-order valence-corrected chi connectivity index (χ1v) is 8.84. The number of nitrogens with zero attached hydrogens (tertiary/aromatic N) is 2. The highest BCUT2D eigenvalue weighted by atomic mass is 35.5. The Hall–Kier alpha value is -3.05. The van der Waals surface area contributed by atoms with E-state index in [2.05, 4.69) is 5.10 Å². The van der Waals surface area contributed by atoms with Gasteiger partial charge in [0.1, 0.15) is 5.57 Å². The smallest absolute Gasteiger partial charge is 0.343 e. The average Bonchev–Trinajstić information content (AvgIpc) is 3.20. The number of esters is 1. The minimum Gasteiger partial charge on any atom is -0.507 e. The maximum atomic E-state index is 12.6. The largest absolute Gasteiger partial charge is 0.507 e. The number of hydrogen-bond donors (Lipinski definition) is 1. The van der Waals surface area contributed by atoms with Gasteiger partial charge in [-0.25, -0.2) is 9.48 Å². The van der Waals surface area contributed by atoms with Crippen molar-refractivity contribution in [2.24, 2.45) is 0 Å². The molecule has 0 aliphatic carbocycles. The number of hydrogen-bond acceptors (Lipinski definition) is 4. The Morgan fingerprint density at radius 2 is 1.81 bits per heavy atom. The van der Waals surface area contributed by atoms with E-state index in [9.17, 15) is 9.90 Å². The number of aryl methyl sites for hydroxylation is 2. The van der Waals surface area contributed by atoms with Crippen LogP contribution in [0.4, 0.5) is 0 Å². The molecule has 1 aliphatic rings. The Morgan fingerprint density at radius 1 is 1.15 bits per heavy atom. The second-order valence-electron chi connectivity index (χ2n) is 6.51. The molecule has 0 saturated heterocycles.